The summed E-state index contributed by atoms with van der Waals surface area (Å²) >= 11 is -2.51. The fourth-order valence-electron chi connectivity index (χ4n) is 4.90. The molecule has 4 heteroatoms. The van der Waals surface area contributed by atoms with E-state index in [1.54, 1.807) is 7.11 Å². The summed E-state index contributed by atoms with van der Waals surface area (Å²) in [6.45, 7) is 11.9. The summed E-state index contributed by atoms with van der Waals surface area (Å²) in [6, 6.07) is 0. The summed E-state index contributed by atoms with van der Waals surface area (Å²) in [5, 5.41) is 0. The van der Waals surface area contributed by atoms with Crippen LogP contribution >= 0.6 is 0 Å². The van der Waals surface area contributed by atoms with Crippen LogP contribution < -0.4 is 0 Å². The van der Waals surface area contributed by atoms with Crippen LogP contribution in [-0.2, 0) is 14.3 Å². The number of carbonyl (C=O) groups is 1. The molecule has 0 saturated heterocycles. The first-order valence-corrected chi connectivity index (χ1v) is 22.7. The van der Waals surface area contributed by atoms with Crippen molar-refractivity contribution in [3.63, 3.8) is 0 Å². The zero-order valence-corrected chi connectivity index (χ0v) is 28.1. The second-order valence-electron chi connectivity index (χ2n) is 10.6. The number of carbonyl (C=O) groups excluding carboxylic acids is 1. The standard InChI is InChI=1S/C21H31O3.3C4H9.Sn/c1-20(13-8-5-4-6-10-17-22)15-12-16-21(2)14-9-7-11-18-24-19-23-3;3*1-3-4-2;/h7,11,13,16-18H,4-5,8-9,12,14-15,19H2,1-3H3;3*1,3-4H2,2H3;/b11-7+,20-13+,21-16+;;;;. The van der Waals surface area contributed by atoms with Gasteiger partial charge in [0.25, 0.3) is 0 Å². The van der Waals surface area contributed by atoms with Crippen LogP contribution in [0.3, 0.4) is 0 Å². The maximum atomic E-state index is 10.2. The Labute approximate surface area is 234 Å². The summed E-state index contributed by atoms with van der Waals surface area (Å²) in [4.78, 5) is 10.2. The van der Waals surface area contributed by atoms with Crippen LogP contribution in [0, 0.1) is 11.8 Å². The Morgan fingerprint density at radius 3 is 1.95 bits per heavy atom. The number of rotatable bonds is 23. The van der Waals surface area contributed by atoms with E-state index in [0.717, 1.165) is 44.9 Å². The van der Waals surface area contributed by atoms with Crippen molar-refractivity contribution in [2.24, 2.45) is 0 Å². The molecule has 0 aliphatic rings. The first-order chi connectivity index (χ1) is 18.0. The molecule has 0 aliphatic heterocycles. The molecular weight excluding hydrogens is 563 g/mol. The van der Waals surface area contributed by atoms with Gasteiger partial charge in [-0.2, -0.15) is 0 Å². The van der Waals surface area contributed by atoms with Crippen LogP contribution in [0.25, 0.3) is 0 Å². The molecule has 0 N–H and O–H groups in total. The number of hydrogen-bond donors (Lipinski definition) is 0. The molecule has 212 valence electrons. The van der Waals surface area contributed by atoms with E-state index in [-0.39, 0.29) is 0 Å². The van der Waals surface area contributed by atoms with Crippen molar-refractivity contribution in [2.75, 3.05) is 13.9 Å². The third-order valence-electron chi connectivity index (χ3n) is 7.26. The van der Waals surface area contributed by atoms with Crippen LogP contribution in [-0.4, -0.2) is 42.7 Å². The second kappa shape index (κ2) is 25.4. The van der Waals surface area contributed by atoms with Gasteiger partial charge in [0.15, 0.2) is 6.29 Å². The van der Waals surface area contributed by atoms with E-state index in [9.17, 15) is 4.79 Å². The van der Waals surface area contributed by atoms with E-state index in [1.807, 2.05) is 0 Å². The summed E-state index contributed by atoms with van der Waals surface area (Å²) in [5.74, 6) is 5.35. The van der Waals surface area contributed by atoms with Gasteiger partial charge in [0.1, 0.15) is 0 Å². The third-order valence-corrected chi connectivity index (χ3v) is 23.3. The summed E-state index contributed by atoms with van der Waals surface area (Å²) in [6.07, 6.45) is 25.5. The van der Waals surface area contributed by atoms with Crippen LogP contribution in [0.4, 0.5) is 0 Å². The Morgan fingerprint density at radius 2 is 1.41 bits per heavy atom. The topological polar surface area (TPSA) is 35.5 Å². The molecular formula is C33H58O3Sn. The third kappa shape index (κ3) is 19.0. The minimum atomic E-state index is -2.51. The number of aldehydes is 1. The van der Waals surface area contributed by atoms with Gasteiger partial charge in [0, 0.05) is 6.42 Å². The number of unbranched alkanes of at least 4 members (excludes halogenated alkanes) is 5. The quantitative estimate of drug-likeness (QED) is 0.0285. The monoisotopic (exact) mass is 622 g/mol. The number of hydrogen-bond acceptors (Lipinski definition) is 3. The molecule has 0 aliphatic carbocycles. The van der Waals surface area contributed by atoms with Gasteiger partial charge in [-0.05, 0) is 12.3 Å². The summed E-state index contributed by atoms with van der Waals surface area (Å²) < 4.78 is 16.5. The Balaban J connectivity index is 4.98. The van der Waals surface area contributed by atoms with Crippen molar-refractivity contribution in [3.8, 4) is 11.8 Å². The number of allylic oxidation sites excluding steroid dienone is 5. The Hall–Kier alpha value is -0.831. The van der Waals surface area contributed by atoms with E-state index in [0.29, 0.717) is 17.2 Å². The van der Waals surface area contributed by atoms with Gasteiger partial charge in [-0.15, -0.1) is 0 Å². The molecule has 3 nitrogen and oxygen atoms in total. The predicted octanol–water partition coefficient (Wildman–Crippen LogP) is 9.75. The molecule has 0 amide bonds. The molecule has 1 atom stereocenters. The van der Waals surface area contributed by atoms with Gasteiger partial charge in [-0.3, -0.25) is 4.79 Å². The zero-order chi connectivity index (χ0) is 27.6. The van der Waals surface area contributed by atoms with Gasteiger partial charge < -0.3 is 0 Å². The molecule has 0 aromatic heterocycles. The van der Waals surface area contributed by atoms with Gasteiger partial charge in [0.2, 0.25) is 0 Å². The van der Waals surface area contributed by atoms with E-state index in [4.69, 9.17) is 9.47 Å². The van der Waals surface area contributed by atoms with Crippen LogP contribution in [0.2, 0.25) is 13.3 Å². The predicted molar refractivity (Wildman–Crippen MR) is 164 cm³/mol. The molecule has 0 saturated carbocycles. The van der Waals surface area contributed by atoms with E-state index in [1.165, 1.54) is 63.0 Å². The molecule has 0 heterocycles. The number of methoxy groups -OCH3 is 1. The van der Waals surface area contributed by atoms with Gasteiger partial charge >= 0.3 is 200 Å². The van der Waals surface area contributed by atoms with Crippen molar-refractivity contribution in [1.29, 1.82) is 0 Å². The molecule has 0 rings (SSSR count). The average molecular weight is 622 g/mol. The first-order valence-electron chi connectivity index (χ1n) is 15.0. The van der Waals surface area contributed by atoms with Crippen molar-refractivity contribution in [2.45, 2.75) is 136 Å². The molecule has 0 bridgehead atoms. The average Bonchev–Trinajstić information content (AvgIpc) is 2.90. The van der Waals surface area contributed by atoms with Crippen LogP contribution in [0.1, 0.15) is 118 Å². The first kappa shape index (κ1) is 36.2. The molecule has 0 fully saturated rings. The van der Waals surface area contributed by atoms with Gasteiger partial charge in [0.05, 0.1) is 0 Å². The second-order valence-corrected chi connectivity index (χ2v) is 24.3. The Kier molecular flexibility index (Phi) is 24.9. The fraction of sp³-hybridized carbons (Fsp3) is 0.727. The van der Waals surface area contributed by atoms with E-state index < -0.39 is 18.4 Å². The Morgan fingerprint density at radius 1 is 0.838 bits per heavy atom. The van der Waals surface area contributed by atoms with Crippen LogP contribution in [0.15, 0.2) is 35.5 Å². The van der Waals surface area contributed by atoms with Gasteiger partial charge in [-0.1, -0.05) is 5.92 Å². The molecule has 0 aromatic carbocycles. The molecule has 0 spiro atoms. The minimum absolute atomic E-state index is 0.334. The molecule has 0 radical (unpaired) electrons. The maximum absolute atomic E-state index is 10.2. The van der Waals surface area contributed by atoms with Crippen molar-refractivity contribution >= 4 is 24.7 Å². The van der Waals surface area contributed by atoms with E-state index >= 15 is 0 Å². The van der Waals surface area contributed by atoms with Crippen molar-refractivity contribution in [1.82, 2.24) is 0 Å². The Bertz CT molecular complexity index is 689. The SMILES string of the molecule is CCC[CH2][Sn]([CH2]CCC)([CH2]CCC)[CH](/C=C/CC/C(C)=C/CC/C(C)=C/CCCC#CC=O)OCOC. The van der Waals surface area contributed by atoms with Crippen molar-refractivity contribution < 1.29 is 14.3 Å². The summed E-state index contributed by atoms with van der Waals surface area (Å²) in [5.41, 5.74) is 2.93. The molecule has 1 unspecified atom stereocenters. The fourth-order valence-corrected chi connectivity index (χ4v) is 21.3. The molecule has 37 heavy (non-hydrogen) atoms. The number of ether oxygens (including phenoxy) is 2. The molecule has 0 aromatic rings. The summed E-state index contributed by atoms with van der Waals surface area (Å²) in [7, 11) is 1.75. The zero-order valence-electron chi connectivity index (χ0n) is 25.2. The van der Waals surface area contributed by atoms with E-state index in [2.05, 4.69) is 70.8 Å². The van der Waals surface area contributed by atoms with Gasteiger partial charge in [-0.25, -0.2) is 0 Å². The van der Waals surface area contributed by atoms with Crippen LogP contribution in [0.5, 0.6) is 0 Å². The van der Waals surface area contributed by atoms with Crippen molar-refractivity contribution in [3.05, 3.63) is 35.5 Å². The normalized spacial score (nSPS) is 13.6.